The highest BCUT2D eigenvalue weighted by molar-refractivity contribution is 6.21. The molecule has 0 amide bonds. The first kappa shape index (κ1) is 24.7. The lowest BCUT2D eigenvalue weighted by molar-refractivity contribution is 0.103. The molecule has 6 aromatic rings. The van der Waals surface area contributed by atoms with Gasteiger partial charge in [-0.25, -0.2) is 9.36 Å². The Kier molecular flexibility index (Phi) is 5.68. The number of pyridine rings is 1. The maximum absolute atomic E-state index is 14.4. The fourth-order valence-electron chi connectivity index (χ4n) is 6.10. The van der Waals surface area contributed by atoms with Gasteiger partial charge in [0.25, 0.3) is 5.56 Å². The molecule has 3 aromatic heterocycles. The average Bonchev–Trinajstić information content (AvgIpc) is 3.65. The molecule has 1 unspecified atom stereocenters. The number of hydrogen-bond donors (Lipinski definition) is 1. The van der Waals surface area contributed by atoms with Crippen molar-refractivity contribution in [3.63, 3.8) is 0 Å². The minimum absolute atomic E-state index is 0.180. The lowest BCUT2D eigenvalue weighted by Gasteiger charge is -2.18. The third-order valence-electron chi connectivity index (χ3n) is 7.86. The number of aromatic amines is 1. The van der Waals surface area contributed by atoms with E-state index in [1.165, 1.54) is 0 Å². The van der Waals surface area contributed by atoms with Crippen LogP contribution in [0.4, 0.5) is 0 Å². The molecule has 7 nitrogen and oxygen atoms in total. The average molecular weight is 538 g/mol. The Labute approximate surface area is 236 Å². The van der Waals surface area contributed by atoms with E-state index in [1.54, 1.807) is 4.68 Å². The minimum Gasteiger partial charge on any atom is -0.306 e. The van der Waals surface area contributed by atoms with Gasteiger partial charge in [-0.05, 0) is 67.8 Å². The van der Waals surface area contributed by atoms with E-state index in [0.717, 1.165) is 45.0 Å². The van der Waals surface area contributed by atoms with Gasteiger partial charge in [-0.3, -0.25) is 9.59 Å². The molecule has 200 valence electrons. The van der Waals surface area contributed by atoms with Gasteiger partial charge in [0.05, 0.1) is 34.0 Å². The standard InChI is InChI=1S/C34H27N5O2/c1-20-19-26(38(36-20)24-15-9-5-10-16-24)21(2)27-29(23-13-7-4-8-14-23)30-28-22(3)37-39(25-17-11-6-12-18-25)33(28)35-34(41)31(30)32(27)40/h4-19,29H,1-3H3,(H,35,41)/b27-21-. The van der Waals surface area contributed by atoms with Crippen molar-refractivity contribution in [3.05, 3.63) is 147 Å². The molecular formula is C34H27N5O2. The largest absolute Gasteiger partial charge is 0.306 e. The summed E-state index contributed by atoms with van der Waals surface area (Å²) in [4.78, 5) is 31.1. The molecule has 0 saturated heterocycles. The van der Waals surface area contributed by atoms with E-state index in [2.05, 4.69) is 4.98 Å². The monoisotopic (exact) mass is 537 g/mol. The Balaban J connectivity index is 1.55. The van der Waals surface area contributed by atoms with Crippen LogP contribution in [-0.2, 0) is 0 Å². The van der Waals surface area contributed by atoms with Gasteiger partial charge in [-0.1, -0.05) is 66.7 Å². The second-order valence-corrected chi connectivity index (χ2v) is 10.4. The zero-order valence-electron chi connectivity index (χ0n) is 22.9. The molecule has 3 aromatic carbocycles. The minimum atomic E-state index is -0.449. The first-order valence-corrected chi connectivity index (χ1v) is 13.6. The first-order valence-electron chi connectivity index (χ1n) is 13.6. The number of fused-ring (bicyclic) bond motifs is 3. The van der Waals surface area contributed by atoms with Crippen LogP contribution < -0.4 is 5.56 Å². The van der Waals surface area contributed by atoms with E-state index in [0.29, 0.717) is 16.8 Å². The maximum atomic E-state index is 14.4. The molecule has 1 aliphatic carbocycles. The Morgan fingerprint density at radius 1 is 0.780 bits per heavy atom. The highest BCUT2D eigenvalue weighted by atomic mass is 16.1. The smallest absolute Gasteiger partial charge is 0.261 e. The summed E-state index contributed by atoms with van der Waals surface area (Å²) in [5, 5.41) is 10.4. The molecule has 7 heteroatoms. The normalized spacial score (nSPS) is 15.9. The molecule has 0 saturated carbocycles. The molecule has 1 N–H and O–H groups in total. The summed E-state index contributed by atoms with van der Waals surface area (Å²) in [5.41, 5.74) is 7.48. The quantitative estimate of drug-likeness (QED) is 0.267. The van der Waals surface area contributed by atoms with Crippen LogP contribution in [0.3, 0.4) is 0 Å². The maximum Gasteiger partial charge on any atom is 0.261 e. The SMILES string of the molecule is C/C(=C1/C(=O)c2c(c3c(C)nn(-c4ccccc4)c3[nH]c2=O)C1c1ccccc1)c1cc(C)nn1-c1ccccc1. The van der Waals surface area contributed by atoms with Crippen LogP contribution in [0.25, 0.3) is 28.0 Å². The van der Waals surface area contributed by atoms with Gasteiger partial charge in [0.15, 0.2) is 5.78 Å². The van der Waals surface area contributed by atoms with Crippen molar-refractivity contribution in [1.82, 2.24) is 24.5 Å². The van der Waals surface area contributed by atoms with E-state index in [4.69, 9.17) is 10.2 Å². The molecule has 0 spiro atoms. The van der Waals surface area contributed by atoms with Crippen LogP contribution in [-0.4, -0.2) is 30.3 Å². The van der Waals surface area contributed by atoms with Crippen LogP contribution in [0.2, 0.25) is 0 Å². The van der Waals surface area contributed by atoms with Crippen LogP contribution in [0, 0.1) is 13.8 Å². The summed E-state index contributed by atoms with van der Waals surface area (Å²) >= 11 is 0. The van der Waals surface area contributed by atoms with Gasteiger partial charge in [0.1, 0.15) is 5.65 Å². The number of aromatic nitrogens is 5. The Bertz CT molecular complexity index is 2050. The second kappa shape index (κ2) is 9.41. The molecule has 3 heterocycles. The van der Waals surface area contributed by atoms with Crippen molar-refractivity contribution in [2.24, 2.45) is 0 Å². The van der Waals surface area contributed by atoms with Crippen molar-refractivity contribution < 1.29 is 4.79 Å². The number of ketones is 1. The number of rotatable bonds is 4. The van der Waals surface area contributed by atoms with Crippen molar-refractivity contribution in [1.29, 1.82) is 0 Å². The van der Waals surface area contributed by atoms with Gasteiger partial charge < -0.3 is 4.98 Å². The number of carbonyl (C=O) groups is 1. The summed E-state index contributed by atoms with van der Waals surface area (Å²) in [5.74, 6) is -0.713. The van der Waals surface area contributed by atoms with Crippen LogP contribution in [0.15, 0.2) is 107 Å². The van der Waals surface area contributed by atoms with Crippen molar-refractivity contribution >= 4 is 22.4 Å². The predicted octanol–water partition coefficient (Wildman–Crippen LogP) is 6.32. The molecule has 0 radical (unpaired) electrons. The third-order valence-corrected chi connectivity index (χ3v) is 7.86. The Morgan fingerprint density at radius 3 is 2.00 bits per heavy atom. The topological polar surface area (TPSA) is 85.6 Å². The van der Waals surface area contributed by atoms with Gasteiger partial charge >= 0.3 is 0 Å². The molecule has 7 rings (SSSR count). The molecule has 0 bridgehead atoms. The zero-order chi connectivity index (χ0) is 28.2. The fraction of sp³-hybridized carbons (Fsp3) is 0.118. The summed E-state index contributed by atoms with van der Waals surface area (Å²) in [6.45, 7) is 5.82. The van der Waals surface area contributed by atoms with Gasteiger partial charge in [-0.15, -0.1) is 0 Å². The van der Waals surface area contributed by atoms with E-state index in [9.17, 15) is 9.59 Å². The van der Waals surface area contributed by atoms with Gasteiger partial charge in [0, 0.05) is 16.9 Å². The fourth-order valence-corrected chi connectivity index (χ4v) is 6.10. The number of Topliss-reactive ketones (excluding diaryl/α,β-unsaturated/α-hetero) is 1. The number of nitrogens with zero attached hydrogens (tertiary/aromatic N) is 4. The van der Waals surface area contributed by atoms with E-state index in [1.807, 2.05) is 123 Å². The van der Waals surface area contributed by atoms with E-state index >= 15 is 0 Å². The summed E-state index contributed by atoms with van der Waals surface area (Å²) in [7, 11) is 0. The number of para-hydroxylation sites is 2. The van der Waals surface area contributed by atoms with Crippen LogP contribution in [0.5, 0.6) is 0 Å². The Morgan fingerprint density at radius 2 is 1.37 bits per heavy atom. The number of H-pyrrole nitrogens is 1. The number of benzene rings is 3. The highest BCUT2D eigenvalue weighted by Gasteiger charge is 2.42. The van der Waals surface area contributed by atoms with Crippen molar-refractivity contribution in [2.45, 2.75) is 26.7 Å². The van der Waals surface area contributed by atoms with E-state index < -0.39 is 11.5 Å². The van der Waals surface area contributed by atoms with Crippen molar-refractivity contribution in [3.8, 4) is 11.4 Å². The molecular weight excluding hydrogens is 510 g/mol. The summed E-state index contributed by atoms with van der Waals surface area (Å²) in [6.07, 6.45) is 0. The highest BCUT2D eigenvalue weighted by Crippen LogP contribution is 2.47. The molecule has 41 heavy (non-hydrogen) atoms. The molecule has 0 aliphatic heterocycles. The molecule has 0 fully saturated rings. The van der Waals surface area contributed by atoms with E-state index in [-0.39, 0.29) is 11.3 Å². The summed E-state index contributed by atoms with van der Waals surface area (Å²) in [6, 6.07) is 31.5. The first-order chi connectivity index (χ1) is 19.9. The molecule has 1 aliphatic rings. The predicted molar refractivity (Wildman–Crippen MR) is 160 cm³/mol. The third kappa shape index (κ3) is 3.81. The summed E-state index contributed by atoms with van der Waals surface area (Å²) < 4.78 is 3.62. The van der Waals surface area contributed by atoms with Crippen molar-refractivity contribution in [2.75, 3.05) is 0 Å². The van der Waals surface area contributed by atoms with Crippen LogP contribution in [0.1, 0.15) is 51.4 Å². The number of hydrogen-bond acceptors (Lipinski definition) is 4. The number of allylic oxidation sites excluding steroid dienone is 2. The number of nitrogens with one attached hydrogen (secondary N) is 1. The van der Waals surface area contributed by atoms with Crippen LogP contribution >= 0.6 is 0 Å². The Hall–Kier alpha value is -5.30. The second-order valence-electron chi connectivity index (χ2n) is 10.4. The molecule has 1 atom stereocenters. The lowest BCUT2D eigenvalue weighted by Crippen LogP contribution is -2.17. The lowest BCUT2D eigenvalue weighted by atomic mass is 9.85. The van der Waals surface area contributed by atoms with Gasteiger partial charge in [0.2, 0.25) is 0 Å². The van der Waals surface area contributed by atoms with Gasteiger partial charge in [-0.2, -0.15) is 10.2 Å². The zero-order valence-corrected chi connectivity index (χ0v) is 22.9. The number of carbonyl (C=O) groups excluding carboxylic acids is 1. The number of aryl methyl sites for hydroxylation is 2.